The van der Waals surface area contributed by atoms with Crippen molar-refractivity contribution >= 4 is 28.9 Å². The maximum absolute atomic E-state index is 14.9. The van der Waals surface area contributed by atoms with E-state index in [-0.39, 0.29) is 29.8 Å². The van der Waals surface area contributed by atoms with Crippen LogP contribution in [0.1, 0.15) is 38.7 Å². The van der Waals surface area contributed by atoms with Crippen molar-refractivity contribution in [3.63, 3.8) is 0 Å². The summed E-state index contributed by atoms with van der Waals surface area (Å²) < 4.78 is 29.7. The van der Waals surface area contributed by atoms with Gasteiger partial charge in [0.15, 0.2) is 11.6 Å². The van der Waals surface area contributed by atoms with E-state index in [9.17, 15) is 18.4 Å². The third-order valence-corrected chi connectivity index (χ3v) is 6.87. The summed E-state index contributed by atoms with van der Waals surface area (Å²) >= 11 is 0. The SMILES string of the molecule is CC(C)C1CCN(c2c(F)cc(Nc3ccc(CNC(=O)C4CNC(=O)C4)cc3)cc2F)CC1. The van der Waals surface area contributed by atoms with Crippen LogP contribution in [-0.2, 0) is 16.1 Å². The van der Waals surface area contributed by atoms with Crippen LogP contribution in [0.5, 0.6) is 0 Å². The monoisotopic (exact) mass is 470 g/mol. The zero-order valence-electron chi connectivity index (χ0n) is 19.7. The van der Waals surface area contributed by atoms with Gasteiger partial charge in [-0.05, 0) is 54.5 Å². The van der Waals surface area contributed by atoms with Gasteiger partial charge in [-0.2, -0.15) is 0 Å². The molecule has 2 aromatic rings. The molecule has 6 nitrogen and oxygen atoms in total. The van der Waals surface area contributed by atoms with E-state index in [4.69, 9.17) is 0 Å². The Hall–Kier alpha value is -3.16. The lowest BCUT2D eigenvalue weighted by atomic mass is 9.86. The predicted octanol–water partition coefficient (Wildman–Crippen LogP) is 4.33. The van der Waals surface area contributed by atoms with Gasteiger partial charge in [0, 0.05) is 44.0 Å². The molecule has 4 rings (SSSR count). The fraction of sp³-hybridized carbons (Fsp3) is 0.462. The van der Waals surface area contributed by atoms with E-state index in [2.05, 4.69) is 29.8 Å². The van der Waals surface area contributed by atoms with Gasteiger partial charge in [-0.15, -0.1) is 0 Å². The molecule has 2 aliphatic heterocycles. The molecule has 0 aromatic heterocycles. The highest BCUT2D eigenvalue weighted by Crippen LogP contribution is 2.33. The van der Waals surface area contributed by atoms with Crippen LogP contribution in [0.3, 0.4) is 0 Å². The summed E-state index contributed by atoms with van der Waals surface area (Å²) in [5.41, 5.74) is 1.96. The second kappa shape index (κ2) is 10.4. The molecule has 0 radical (unpaired) electrons. The zero-order chi connectivity index (χ0) is 24.2. The molecule has 0 aliphatic carbocycles. The van der Waals surface area contributed by atoms with Gasteiger partial charge >= 0.3 is 0 Å². The Morgan fingerprint density at radius 2 is 1.74 bits per heavy atom. The second-order valence-electron chi connectivity index (χ2n) is 9.60. The van der Waals surface area contributed by atoms with Crippen LogP contribution in [0.25, 0.3) is 0 Å². The van der Waals surface area contributed by atoms with E-state index >= 15 is 0 Å². The van der Waals surface area contributed by atoms with Crippen molar-refractivity contribution < 1.29 is 18.4 Å². The number of anilines is 3. The maximum Gasteiger partial charge on any atom is 0.225 e. The number of benzene rings is 2. The number of hydrogen-bond acceptors (Lipinski definition) is 4. The van der Waals surface area contributed by atoms with Gasteiger partial charge < -0.3 is 20.9 Å². The summed E-state index contributed by atoms with van der Waals surface area (Å²) in [7, 11) is 0. The summed E-state index contributed by atoms with van der Waals surface area (Å²) in [5.74, 6) is -0.533. The summed E-state index contributed by atoms with van der Waals surface area (Å²) in [6.45, 7) is 6.43. The lowest BCUT2D eigenvalue weighted by Gasteiger charge is -2.35. The van der Waals surface area contributed by atoms with E-state index in [1.54, 1.807) is 12.1 Å². The van der Waals surface area contributed by atoms with Crippen LogP contribution >= 0.6 is 0 Å². The lowest BCUT2D eigenvalue weighted by Crippen LogP contribution is -2.36. The van der Waals surface area contributed by atoms with E-state index in [0.717, 1.165) is 18.4 Å². The van der Waals surface area contributed by atoms with Crippen LogP contribution in [0.2, 0.25) is 0 Å². The van der Waals surface area contributed by atoms with Gasteiger partial charge in [0.05, 0.1) is 5.92 Å². The Labute approximate surface area is 199 Å². The Kier molecular flexibility index (Phi) is 7.34. The van der Waals surface area contributed by atoms with Gasteiger partial charge in [-0.1, -0.05) is 26.0 Å². The summed E-state index contributed by atoms with van der Waals surface area (Å²) in [6.07, 6.45) is 2.11. The lowest BCUT2D eigenvalue weighted by molar-refractivity contribution is -0.126. The van der Waals surface area contributed by atoms with Gasteiger partial charge in [-0.3, -0.25) is 9.59 Å². The fourth-order valence-corrected chi connectivity index (χ4v) is 4.73. The molecule has 34 heavy (non-hydrogen) atoms. The molecule has 2 fully saturated rings. The van der Waals surface area contributed by atoms with Gasteiger partial charge in [-0.25, -0.2) is 8.78 Å². The van der Waals surface area contributed by atoms with Crippen molar-refractivity contribution in [3.8, 4) is 0 Å². The maximum atomic E-state index is 14.9. The van der Waals surface area contributed by atoms with E-state index < -0.39 is 11.6 Å². The largest absolute Gasteiger partial charge is 0.367 e. The molecule has 1 unspecified atom stereocenters. The number of carbonyl (C=O) groups is 2. The van der Waals surface area contributed by atoms with Crippen molar-refractivity contribution in [3.05, 3.63) is 53.6 Å². The zero-order valence-corrected chi connectivity index (χ0v) is 19.7. The third-order valence-electron chi connectivity index (χ3n) is 6.87. The van der Waals surface area contributed by atoms with Crippen molar-refractivity contribution in [2.75, 3.05) is 29.9 Å². The molecule has 2 aliphatic rings. The fourth-order valence-electron chi connectivity index (χ4n) is 4.73. The molecule has 3 N–H and O–H groups in total. The van der Waals surface area contributed by atoms with Crippen LogP contribution in [0.4, 0.5) is 25.8 Å². The molecule has 2 saturated heterocycles. The smallest absolute Gasteiger partial charge is 0.225 e. The average molecular weight is 471 g/mol. The van der Waals surface area contributed by atoms with E-state index in [0.29, 0.717) is 49.4 Å². The van der Waals surface area contributed by atoms with Crippen molar-refractivity contribution in [1.82, 2.24) is 10.6 Å². The Morgan fingerprint density at radius 1 is 1.09 bits per heavy atom. The molecule has 0 saturated carbocycles. The van der Waals surface area contributed by atoms with Crippen LogP contribution in [-0.4, -0.2) is 31.4 Å². The molecule has 2 aromatic carbocycles. The number of hydrogen-bond donors (Lipinski definition) is 3. The first kappa shape index (κ1) is 24.0. The highest BCUT2D eigenvalue weighted by Gasteiger charge is 2.28. The molecule has 8 heteroatoms. The van der Waals surface area contributed by atoms with Crippen LogP contribution in [0.15, 0.2) is 36.4 Å². The van der Waals surface area contributed by atoms with Crippen LogP contribution < -0.4 is 20.9 Å². The van der Waals surface area contributed by atoms with E-state index in [1.807, 2.05) is 17.0 Å². The second-order valence-corrected chi connectivity index (χ2v) is 9.60. The number of carbonyl (C=O) groups excluding carboxylic acids is 2. The average Bonchev–Trinajstić information content (AvgIpc) is 3.25. The molecule has 2 heterocycles. The van der Waals surface area contributed by atoms with E-state index in [1.165, 1.54) is 12.1 Å². The van der Waals surface area contributed by atoms with Crippen molar-refractivity contribution in [1.29, 1.82) is 0 Å². The van der Waals surface area contributed by atoms with Crippen LogP contribution in [0, 0.1) is 29.4 Å². The number of rotatable bonds is 7. The quantitative estimate of drug-likeness (QED) is 0.563. The Bertz CT molecular complexity index is 1010. The summed E-state index contributed by atoms with van der Waals surface area (Å²) in [5, 5.41) is 8.53. The molecule has 1 atom stereocenters. The molecule has 0 spiro atoms. The Balaban J connectivity index is 1.34. The summed E-state index contributed by atoms with van der Waals surface area (Å²) in [4.78, 5) is 25.2. The van der Waals surface area contributed by atoms with Gasteiger partial charge in [0.1, 0.15) is 5.69 Å². The van der Waals surface area contributed by atoms with Gasteiger partial charge in [0.2, 0.25) is 11.8 Å². The molecular weight excluding hydrogens is 438 g/mol. The number of nitrogens with one attached hydrogen (secondary N) is 3. The minimum absolute atomic E-state index is 0.0537. The highest BCUT2D eigenvalue weighted by atomic mass is 19.1. The number of nitrogens with zero attached hydrogens (tertiary/aromatic N) is 1. The first-order valence-corrected chi connectivity index (χ1v) is 11.9. The molecule has 182 valence electrons. The number of amides is 2. The normalized spacial score (nSPS) is 18.8. The number of piperidine rings is 1. The van der Waals surface area contributed by atoms with Crippen molar-refractivity contribution in [2.24, 2.45) is 17.8 Å². The number of halogens is 2. The first-order valence-electron chi connectivity index (χ1n) is 11.9. The molecule has 0 bridgehead atoms. The summed E-state index contributed by atoms with van der Waals surface area (Å²) in [6, 6.07) is 9.92. The van der Waals surface area contributed by atoms with Crippen molar-refractivity contribution in [2.45, 2.75) is 39.7 Å². The Morgan fingerprint density at radius 3 is 2.29 bits per heavy atom. The third kappa shape index (κ3) is 5.66. The molecule has 2 amide bonds. The minimum atomic E-state index is -0.565. The predicted molar refractivity (Wildman–Crippen MR) is 129 cm³/mol. The highest BCUT2D eigenvalue weighted by molar-refractivity contribution is 5.89. The topological polar surface area (TPSA) is 73.5 Å². The molecular formula is C26H32F2N4O2. The van der Waals surface area contributed by atoms with Gasteiger partial charge in [0.25, 0.3) is 0 Å². The first-order chi connectivity index (χ1) is 16.3. The standard InChI is InChI=1S/C26H32F2N4O2/c1-16(2)18-7-9-32(10-8-18)25-22(27)12-21(13-23(25)28)31-20-5-3-17(4-6-20)14-30-26(34)19-11-24(33)29-15-19/h3-6,12-13,16,18-19,31H,7-11,14-15H2,1-2H3,(H,29,33)(H,30,34). The minimum Gasteiger partial charge on any atom is -0.367 e.